The molecule has 1 aromatic carbocycles. The molecule has 1 saturated heterocycles. The molecule has 0 atom stereocenters. The van der Waals surface area contributed by atoms with Gasteiger partial charge in [0.15, 0.2) is 18.6 Å². The van der Waals surface area contributed by atoms with Crippen LogP contribution in [0.25, 0.3) is 0 Å². The molecular weight excluding hydrogens is 388 g/mol. The number of ether oxygens (including phenoxy) is 2. The number of sulfonamides is 1. The Morgan fingerprint density at radius 2 is 1.79 bits per heavy atom. The van der Waals surface area contributed by atoms with E-state index in [0.29, 0.717) is 17.9 Å². The van der Waals surface area contributed by atoms with Crippen molar-refractivity contribution in [3.63, 3.8) is 0 Å². The van der Waals surface area contributed by atoms with Crippen LogP contribution in [0.4, 0.5) is 0 Å². The highest BCUT2D eigenvalue weighted by Gasteiger charge is 2.26. The summed E-state index contributed by atoms with van der Waals surface area (Å²) in [6.45, 7) is 0.664. The lowest BCUT2D eigenvalue weighted by molar-refractivity contribution is -0.608. The number of rotatable bonds is 6. The number of carbonyl (C=O) groups is 2. The van der Waals surface area contributed by atoms with E-state index < -0.39 is 28.4 Å². The Hall–Kier alpha value is -2.82. The van der Waals surface area contributed by atoms with Crippen LogP contribution in [0.1, 0.15) is 20.8 Å². The maximum absolute atomic E-state index is 12.6. The van der Waals surface area contributed by atoms with Crippen LogP contribution in [0, 0.1) is 5.21 Å². The summed E-state index contributed by atoms with van der Waals surface area (Å²) < 4.78 is 36.8. The van der Waals surface area contributed by atoms with Gasteiger partial charge in [-0.15, -0.1) is 0 Å². The minimum absolute atomic E-state index is 0.0691. The molecule has 2 heterocycles. The van der Waals surface area contributed by atoms with Gasteiger partial charge in [0.25, 0.3) is 0 Å². The summed E-state index contributed by atoms with van der Waals surface area (Å²) in [6.07, 6.45) is 1.14. The van der Waals surface area contributed by atoms with E-state index in [2.05, 4.69) is 0 Å². The molecule has 0 amide bonds. The highest BCUT2D eigenvalue weighted by molar-refractivity contribution is 7.89. The Kier molecular flexibility index (Phi) is 6.02. The van der Waals surface area contributed by atoms with E-state index >= 15 is 0 Å². The standard InChI is InChI=1S/C18H18N2O7S/c21-17(13-27-18(22)16-3-1-2-8-20(16)23)14-4-6-15(7-5-14)28(24,25)19-9-11-26-12-10-19/h1-8H,9-13H2. The first-order valence-electron chi connectivity index (χ1n) is 8.46. The van der Waals surface area contributed by atoms with Crippen molar-refractivity contribution < 1.29 is 32.2 Å². The van der Waals surface area contributed by atoms with E-state index in [0.717, 1.165) is 6.20 Å². The van der Waals surface area contributed by atoms with E-state index in [1.54, 1.807) is 0 Å². The summed E-state index contributed by atoms with van der Waals surface area (Å²) in [4.78, 5) is 24.1. The largest absolute Gasteiger partial charge is 0.618 e. The van der Waals surface area contributed by atoms with Crippen LogP contribution in [0.2, 0.25) is 0 Å². The molecule has 1 aromatic heterocycles. The van der Waals surface area contributed by atoms with Crippen molar-refractivity contribution in [2.24, 2.45) is 0 Å². The van der Waals surface area contributed by atoms with E-state index in [1.807, 2.05) is 0 Å². The second-order valence-corrected chi connectivity index (χ2v) is 7.89. The second-order valence-electron chi connectivity index (χ2n) is 5.95. The van der Waals surface area contributed by atoms with Crippen LogP contribution in [0.15, 0.2) is 53.6 Å². The molecule has 0 saturated carbocycles. The van der Waals surface area contributed by atoms with Gasteiger partial charge in [0.05, 0.1) is 18.1 Å². The number of nitrogens with zero attached hydrogens (tertiary/aromatic N) is 2. The molecule has 1 fully saturated rings. The lowest BCUT2D eigenvalue weighted by atomic mass is 10.1. The third-order valence-corrected chi connectivity index (χ3v) is 6.06. The fourth-order valence-corrected chi connectivity index (χ4v) is 4.03. The summed E-state index contributed by atoms with van der Waals surface area (Å²) >= 11 is 0. The van der Waals surface area contributed by atoms with Gasteiger partial charge in [0.2, 0.25) is 10.0 Å². The highest BCUT2D eigenvalue weighted by atomic mass is 32.2. The van der Waals surface area contributed by atoms with Crippen molar-refractivity contribution in [3.8, 4) is 0 Å². The number of pyridine rings is 1. The molecule has 0 bridgehead atoms. The number of aromatic nitrogens is 1. The molecule has 1 aliphatic heterocycles. The zero-order valence-corrected chi connectivity index (χ0v) is 15.6. The van der Waals surface area contributed by atoms with Gasteiger partial charge in [-0.25, -0.2) is 13.2 Å². The molecule has 3 rings (SSSR count). The predicted octanol–water partition coefficient (Wildman–Crippen LogP) is 0.381. The highest BCUT2D eigenvalue weighted by Crippen LogP contribution is 2.18. The number of morpholine rings is 1. The van der Waals surface area contributed by atoms with Gasteiger partial charge in [-0.3, -0.25) is 4.79 Å². The van der Waals surface area contributed by atoms with Crippen LogP contribution >= 0.6 is 0 Å². The number of esters is 1. The Morgan fingerprint density at radius 1 is 1.11 bits per heavy atom. The second kappa shape index (κ2) is 8.46. The monoisotopic (exact) mass is 406 g/mol. The molecule has 0 radical (unpaired) electrons. The lowest BCUT2D eigenvalue weighted by Gasteiger charge is -2.26. The zero-order chi connectivity index (χ0) is 20.1. The molecule has 1 aliphatic rings. The maximum atomic E-state index is 12.6. The van der Waals surface area contributed by atoms with Crippen LogP contribution in [0.5, 0.6) is 0 Å². The Labute approximate surface area is 161 Å². The first kappa shape index (κ1) is 19.9. The van der Waals surface area contributed by atoms with E-state index in [-0.39, 0.29) is 29.2 Å². The van der Waals surface area contributed by atoms with Gasteiger partial charge in [-0.2, -0.15) is 9.04 Å². The van der Waals surface area contributed by atoms with Crippen molar-refractivity contribution >= 4 is 21.8 Å². The lowest BCUT2D eigenvalue weighted by Crippen LogP contribution is -2.40. The van der Waals surface area contributed by atoms with Gasteiger partial charge < -0.3 is 14.7 Å². The van der Waals surface area contributed by atoms with Crippen LogP contribution < -0.4 is 4.73 Å². The van der Waals surface area contributed by atoms with Gasteiger partial charge >= 0.3 is 11.7 Å². The molecule has 9 nitrogen and oxygen atoms in total. The van der Waals surface area contributed by atoms with Crippen molar-refractivity contribution in [3.05, 3.63) is 65.1 Å². The molecule has 2 aromatic rings. The molecule has 10 heteroatoms. The number of carbonyl (C=O) groups excluding carboxylic acids is 2. The smallest absolute Gasteiger partial charge is 0.405 e. The van der Waals surface area contributed by atoms with Gasteiger partial charge in [-0.1, -0.05) is 0 Å². The molecule has 28 heavy (non-hydrogen) atoms. The number of hydrogen-bond donors (Lipinski definition) is 0. The van der Waals surface area contributed by atoms with Gasteiger partial charge in [0, 0.05) is 30.8 Å². The Balaban J connectivity index is 1.64. The summed E-state index contributed by atoms with van der Waals surface area (Å²) in [5, 5.41) is 11.5. The SMILES string of the molecule is O=C(COC(=O)c1cccc[n+]1[O-])c1ccc(S(=O)(=O)N2CCOCC2)cc1. The van der Waals surface area contributed by atoms with E-state index in [9.17, 15) is 23.2 Å². The summed E-state index contributed by atoms with van der Waals surface area (Å²) in [6, 6.07) is 9.64. The average Bonchev–Trinajstić information content (AvgIpc) is 2.73. The molecule has 0 unspecified atom stereocenters. The van der Waals surface area contributed by atoms with Gasteiger partial charge in [0.1, 0.15) is 0 Å². The molecule has 0 aliphatic carbocycles. The summed E-state index contributed by atoms with van der Waals surface area (Å²) in [5.41, 5.74) is -0.0426. The third kappa shape index (κ3) is 4.35. The minimum atomic E-state index is -3.65. The normalized spacial score (nSPS) is 15.1. The minimum Gasteiger partial charge on any atom is -0.618 e. The fourth-order valence-electron chi connectivity index (χ4n) is 2.62. The van der Waals surface area contributed by atoms with Crippen molar-refractivity contribution in [2.45, 2.75) is 4.90 Å². The molecule has 148 valence electrons. The number of hydrogen-bond acceptors (Lipinski definition) is 7. The van der Waals surface area contributed by atoms with Crippen molar-refractivity contribution in [1.29, 1.82) is 0 Å². The van der Waals surface area contributed by atoms with Crippen LogP contribution in [-0.2, 0) is 19.5 Å². The van der Waals surface area contributed by atoms with Crippen LogP contribution in [-0.4, -0.2) is 57.4 Å². The maximum Gasteiger partial charge on any atom is 0.405 e. The van der Waals surface area contributed by atoms with Crippen LogP contribution in [0.3, 0.4) is 0 Å². The molecule has 0 N–H and O–H groups in total. The van der Waals surface area contributed by atoms with Crippen molar-refractivity contribution in [1.82, 2.24) is 4.31 Å². The van der Waals surface area contributed by atoms with Gasteiger partial charge in [-0.05, 0) is 30.3 Å². The first-order valence-corrected chi connectivity index (χ1v) is 9.90. The Bertz CT molecular complexity index is 968. The van der Waals surface area contributed by atoms with E-state index in [1.165, 1.54) is 46.8 Å². The first-order chi connectivity index (χ1) is 13.4. The van der Waals surface area contributed by atoms with Crippen molar-refractivity contribution in [2.75, 3.05) is 32.9 Å². The Morgan fingerprint density at radius 3 is 2.43 bits per heavy atom. The molecular formula is C18H18N2O7S. The predicted molar refractivity (Wildman–Crippen MR) is 96.0 cm³/mol. The molecule has 0 spiro atoms. The van der Waals surface area contributed by atoms with E-state index in [4.69, 9.17) is 9.47 Å². The number of Topliss-reactive ketones (excluding diaryl/α,β-unsaturated/α-hetero) is 1. The summed E-state index contributed by atoms with van der Waals surface area (Å²) in [7, 11) is -3.65. The number of ketones is 1. The fraction of sp³-hybridized carbons (Fsp3) is 0.278. The summed E-state index contributed by atoms with van der Waals surface area (Å²) in [5.74, 6) is -1.44. The third-order valence-electron chi connectivity index (χ3n) is 4.15. The topological polar surface area (TPSA) is 117 Å². The average molecular weight is 406 g/mol. The zero-order valence-electron chi connectivity index (χ0n) is 14.8. The number of benzene rings is 1. The quantitative estimate of drug-likeness (QED) is 0.295.